The van der Waals surface area contributed by atoms with Crippen LogP contribution >= 0.6 is 12.6 Å². The predicted molar refractivity (Wildman–Crippen MR) is 99.6 cm³/mol. The molecular formula is C18H20N4O2S. The monoisotopic (exact) mass is 356 g/mol. The summed E-state index contributed by atoms with van der Waals surface area (Å²) in [4.78, 5) is 5.11. The Balaban J connectivity index is 1.78. The minimum atomic E-state index is -0.0265. The normalized spacial score (nSPS) is 12.1. The summed E-state index contributed by atoms with van der Waals surface area (Å²) in [5, 5.41) is 13.4. The van der Waals surface area contributed by atoms with Gasteiger partial charge in [-0.1, -0.05) is 13.0 Å². The van der Waals surface area contributed by atoms with Crippen LogP contribution in [0.3, 0.4) is 0 Å². The van der Waals surface area contributed by atoms with Gasteiger partial charge in [0.25, 0.3) is 0 Å². The maximum Gasteiger partial charge on any atom is 0.153 e. The number of rotatable bonds is 6. The minimum Gasteiger partial charge on any atom is -0.490 e. The van der Waals surface area contributed by atoms with Crippen LogP contribution in [0.2, 0.25) is 0 Å². The molecule has 25 heavy (non-hydrogen) atoms. The number of thiol groups is 1. The van der Waals surface area contributed by atoms with E-state index in [4.69, 9.17) is 15.6 Å². The first-order valence-electron chi connectivity index (χ1n) is 7.92. The lowest BCUT2D eigenvalue weighted by Gasteiger charge is -2.11. The van der Waals surface area contributed by atoms with Gasteiger partial charge in [0, 0.05) is 22.7 Å². The van der Waals surface area contributed by atoms with Crippen molar-refractivity contribution in [3.63, 3.8) is 0 Å². The Hall–Kier alpha value is -2.51. The van der Waals surface area contributed by atoms with E-state index in [1.54, 1.807) is 16.9 Å². The number of nitrogen functional groups attached to an aromatic ring is 1. The summed E-state index contributed by atoms with van der Waals surface area (Å²) >= 11 is 4.38. The Morgan fingerprint density at radius 3 is 2.80 bits per heavy atom. The Morgan fingerprint density at radius 1 is 1.28 bits per heavy atom. The third-order valence-electron chi connectivity index (χ3n) is 3.92. The molecule has 0 fully saturated rings. The second-order valence-electron chi connectivity index (χ2n) is 5.65. The molecule has 0 bridgehead atoms. The molecule has 0 aliphatic carbocycles. The predicted octanol–water partition coefficient (Wildman–Crippen LogP) is 2.66. The van der Waals surface area contributed by atoms with Gasteiger partial charge in [-0.25, -0.2) is 9.67 Å². The zero-order valence-corrected chi connectivity index (χ0v) is 14.7. The summed E-state index contributed by atoms with van der Waals surface area (Å²) in [7, 11) is 0. The SMILES string of the molecule is CC(c1ccc(N)c(S)c1)c1ccn(-c2ccc(OCCO)cn2)n1. The van der Waals surface area contributed by atoms with E-state index in [1.807, 2.05) is 36.5 Å². The zero-order chi connectivity index (χ0) is 17.8. The van der Waals surface area contributed by atoms with Gasteiger partial charge in [0.2, 0.25) is 0 Å². The zero-order valence-electron chi connectivity index (χ0n) is 13.8. The molecule has 3 aromatic rings. The van der Waals surface area contributed by atoms with Crippen molar-refractivity contribution in [3.05, 3.63) is 60.0 Å². The smallest absolute Gasteiger partial charge is 0.153 e. The summed E-state index contributed by atoms with van der Waals surface area (Å²) < 4.78 is 7.03. The van der Waals surface area contributed by atoms with E-state index in [0.29, 0.717) is 17.3 Å². The minimum absolute atomic E-state index is 0.0265. The lowest BCUT2D eigenvalue weighted by atomic mass is 9.98. The Labute approximate surface area is 151 Å². The second-order valence-corrected chi connectivity index (χ2v) is 6.13. The summed E-state index contributed by atoms with van der Waals surface area (Å²) in [6.45, 7) is 2.31. The molecule has 3 rings (SSSR count). The molecule has 1 atom stereocenters. The van der Waals surface area contributed by atoms with E-state index in [0.717, 1.165) is 16.2 Å². The molecule has 0 radical (unpaired) electrons. The van der Waals surface area contributed by atoms with Crippen molar-refractivity contribution in [2.75, 3.05) is 18.9 Å². The maximum absolute atomic E-state index is 8.77. The number of aliphatic hydroxyl groups excluding tert-OH is 1. The van der Waals surface area contributed by atoms with E-state index in [9.17, 15) is 0 Å². The summed E-state index contributed by atoms with van der Waals surface area (Å²) in [6.07, 6.45) is 3.49. The average Bonchev–Trinajstić information content (AvgIpc) is 3.12. The Morgan fingerprint density at radius 2 is 2.12 bits per heavy atom. The van der Waals surface area contributed by atoms with Gasteiger partial charge in [-0.15, -0.1) is 12.6 Å². The molecule has 2 heterocycles. The molecule has 130 valence electrons. The number of hydrogen-bond acceptors (Lipinski definition) is 6. The Bertz CT molecular complexity index is 849. The van der Waals surface area contributed by atoms with Gasteiger partial charge in [-0.2, -0.15) is 5.10 Å². The van der Waals surface area contributed by atoms with E-state index >= 15 is 0 Å². The van der Waals surface area contributed by atoms with Crippen LogP contribution in [0.15, 0.2) is 53.7 Å². The highest BCUT2D eigenvalue weighted by atomic mass is 32.1. The van der Waals surface area contributed by atoms with Gasteiger partial charge in [-0.05, 0) is 35.9 Å². The molecule has 6 nitrogen and oxygen atoms in total. The molecule has 7 heteroatoms. The number of hydrogen-bond donors (Lipinski definition) is 3. The number of ether oxygens (including phenoxy) is 1. The Kier molecular flexibility index (Phi) is 5.25. The summed E-state index contributed by atoms with van der Waals surface area (Å²) in [5.41, 5.74) is 8.52. The molecule has 1 unspecified atom stereocenters. The van der Waals surface area contributed by atoms with Crippen LogP contribution in [-0.4, -0.2) is 33.1 Å². The van der Waals surface area contributed by atoms with Crippen molar-refractivity contribution in [1.29, 1.82) is 0 Å². The van der Waals surface area contributed by atoms with Crippen LogP contribution in [0.5, 0.6) is 5.75 Å². The quantitative estimate of drug-likeness (QED) is 0.467. The number of aromatic nitrogens is 3. The van der Waals surface area contributed by atoms with Crippen LogP contribution < -0.4 is 10.5 Å². The molecule has 0 aliphatic rings. The highest BCUT2D eigenvalue weighted by Gasteiger charge is 2.13. The lowest BCUT2D eigenvalue weighted by molar-refractivity contribution is 0.201. The van der Waals surface area contributed by atoms with Gasteiger partial charge >= 0.3 is 0 Å². The summed E-state index contributed by atoms with van der Waals surface area (Å²) in [5.74, 6) is 1.42. The molecule has 0 aliphatic heterocycles. The molecule has 0 saturated heterocycles. The first kappa shape index (κ1) is 17.3. The molecule has 2 aromatic heterocycles. The molecule has 0 amide bonds. The molecule has 3 N–H and O–H groups in total. The van der Waals surface area contributed by atoms with Crippen molar-refractivity contribution in [1.82, 2.24) is 14.8 Å². The van der Waals surface area contributed by atoms with Gasteiger partial charge < -0.3 is 15.6 Å². The van der Waals surface area contributed by atoms with E-state index in [2.05, 4.69) is 29.6 Å². The van der Waals surface area contributed by atoms with Crippen LogP contribution in [0.25, 0.3) is 5.82 Å². The van der Waals surface area contributed by atoms with Crippen LogP contribution in [-0.2, 0) is 0 Å². The standard InChI is InChI=1S/C18H20N4O2S/c1-12(13-2-4-15(19)17(25)10-13)16-6-7-22(21-16)18-5-3-14(11-20-18)24-9-8-23/h2-7,10-12,23,25H,8-9,19H2,1H3. The number of nitrogens with zero attached hydrogens (tertiary/aromatic N) is 3. The van der Waals surface area contributed by atoms with Crippen LogP contribution in [0.1, 0.15) is 24.1 Å². The van der Waals surface area contributed by atoms with E-state index in [-0.39, 0.29) is 19.1 Å². The highest BCUT2D eigenvalue weighted by Crippen LogP contribution is 2.27. The third kappa shape index (κ3) is 3.94. The van der Waals surface area contributed by atoms with Crippen molar-refractivity contribution in [2.45, 2.75) is 17.7 Å². The first-order chi connectivity index (χ1) is 12.1. The van der Waals surface area contributed by atoms with Crippen LogP contribution in [0, 0.1) is 0 Å². The van der Waals surface area contributed by atoms with Crippen molar-refractivity contribution < 1.29 is 9.84 Å². The lowest BCUT2D eigenvalue weighted by Crippen LogP contribution is -2.04. The number of pyridine rings is 1. The number of anilines is 1. The highest BCUT2D eigenvalue weighted by molar-refractivity contribution is 7.80. The number of benzene rings is 1. The van der Waals surface area contributed by atoms with Gasteiger partial charge in [0.05, 0.1) is 18.5 Å². The molecule has 0 spiro atoms. The van der Waals surface area contributed by atoms with Gasteiger partial charge in [0.15, 0.2) is 5.82 Å². The second kappa shape index (κ2) is 7.58. The number of nitrogens with two attached hydrogens (primary N) is 1. The fourth-order valence-electron chi connectivity index (χ4n) is 2.45. The number of aliphatic hydroxyl groups is 1. The largest absolute Gasteiger partial charge is 0.490 e. The molecular weight excluding hydrogens is 336 g/mol. The third-order valence-corrected chi connectivity index (χ3v) is 4.31. The first-order valence-corrected chi connectivity index (χ1v) is 8.37. The van der Waals surface area contributed by atoms with E-state index < -0.39 is 0 Å². The summed E-state index contributed by atoms with van der Waals surface area (Å²) in [6, 6.07) is 11.4. The molecule has 1 aromatic carbocycles. The van der Waals surface area contributed by atoms with E-state index in [1.165, 1.54) is 0 Å². The molecule has 0 saturated carbocycles. The van der Waals surface area contributed by atoms with Crippen LogP contribution in [0.4, 0.5) is 5.69 Å². The average molecular weight is 356 g/mol. The van der Waals surface area contributed by atoms with Crippen molar-refractivity contribution >= 4 is 18.3 Å². The van der Waals surface area contributed by atoms with Crippen molar-refractivity contribution in [2.24, 2.45) is 0 Å². The maximum atomic E-state index is 8.77. The fraction of sp³-hybridized carbons (Fsp3) is 0.222. The van der Waals surface area contributed by atoms with Gasteiger partial charge in [-0.3, -0.25) is 0 Å². The van der Waals surface area contributed by atoms with Crippen molar-refractivity contribution in [3.8, 4) is 11.6 Å². The van der Waals surface area contributed by atoms with Gasteiger partial charge in [0.1, 0.15) is 12.4 Å². The fourth-order valence-corrected chi connectivity index (χ4v) is 2.68. The topological polar surface area (TPSA) is 86.2 Å².